The second kappa shape index (κ2) is 4.63. The Labute approximate surface area is 99.6 Å². The molecule has 1 aliphatic rings. The molecule has 1 aromatic heterocycles. The van der Waals surface area contributed by atoms with Gasteiger partial charge >= 0.3 is 0 Å². The summed E-state index contributed by atoms with van der Waals surface area (Å²) < 4.78 is 0. The van der Waals surface area contributed by atoms with Gasteiger partial charge in [0.05, 0.1) is 6.54 Å². The van der Waals surface area contributed by atoms with Crippen molar-refractivity contribution < 1.29 is 0 Å². The van der Waals surface area contributed by atoms with Crippen LogP contribution in [-0.4, -0.2) is 20.6 Å². The maximum atomic E-state index is 3.91. The fraction of sp³-hybridized carbons (Fsp3) is 0.417. The van der Waals surface area contributed by atoms with E-state index in [4.69, 9.17) is 0 Å². The second-order valence-corrected chi connectivity index (χ2v) is 4.40. The van der Waals surface area contributed by atoms with E-state index in [9.17, 15) is 0 Å². The van der Waals surface area contributed by atoms with Crippen molar-refractivity contribution in [2.75, 3.05) is 0 Å². The summed E-state index contributed by atoms with van der Waals surface area (Å²) in [6, 6.07) is 8.65. The van der Waals surface area contributed by atoms with Gasteiger partial charge in [0.2, 0.25) is 0 Å². The van der Waals surface area contributed by atoms with Crippen molar-refractivity contribution in [1.82, 2.24) is 25.9 Å². The van der Waals surface area contributed by atoms with Crippen molar-refractivity contribution in [2.45, 2.75) is 31.8 Å². The highest BCUT2D eigenvalue weighted by atomic mass is 15.5. The minimum absolute atomic E-state index is 0.648. The van der Waals surface area contributed by atoms with Crippen LogP contribution in [0.3, 0.4) is 0 Å². The van der Waals surface area contributed by atoms with Gasteiger partial charge in [0, 0.05) is 6.54 Å². The molecule has 2 aromatic rings. The molecule has 0 amide bonds. The van der Waals surface area contributed by atoms with Crippen LogP contribution in [0.15, 0.2) is 24.3 Å². The first-order valence-corrected chi connectivity index (χ1v) is 5.94. The Hall–Kier alpha value is -1.75. The maximum absolute atomic E-state index is 3.91. The summed E-state index contributed by atoms with van der Waals surface area (Å²) in [6.07, 6.45) is 2.67. The Morgan fingerprint density at radius 3 is 2.88 bits per heavy atom. The zero-order chi connectivity index (χ0) is 11.5. The van der Waals surface area contributed by atoms with Gasteiger partial charge in [-0.05, 0) is 29.9 Å². The molecule has 17 heavy (non-hydrogen) atoms. The third kappa shape index (κ3) is 2.50. The average molecular weight is 229 g/mol. The normalized spacial score (nSPS) is 15.1. The molecule has 0 spiro atoms. The lowest BCUT2D eigenvalue weighted by atomic mass is 10.0. The molecular formula is C12H15N5. The number of aromatic amines is 1. The van der Waals surface area contributed by atoms with Crippen molar-refractivity contribution in [2.24, 2.45) is 0 Å². The maximum Gasteiger partial charge on any atom is 0.188 e. The zero-order valence-electron chi connectivity index (χ0n) is 9.56. The second-order valence-electron chi connectivity index (χ2n) is 4.40. The predicted octanol–water partition coefficient (Wildman–Crippen LogP) is 1.37. The molecule has 0 unspecified atom stereocenters. The number of benzene rings is 1. The molecule has 3 rings (SSSR count). The fourth-order valence-corrected chi connectivity index (χ4v) is 2.05. The van der Waals surface area contributed by atoms with Crippen LogP contribution in [0.2, 0.25) is 0 Å². The lowest BCUT2D eigenvalue weighted by molar-refractivity contribution is 0.659. The Morgan fingerprint density at radius 1 is 1.24 bits per heavy atom. The standard InChI is InChI=1S/C12H15N5/c1-2-4-11(9-5-6-9)10(3-1)7-13-8-12-14-16-17-15-12/h1-4,9,13H,5-8H2,(H,14,15,16,17). The fourth-order valence-electron chi connectivity index (χ4n) is 2.05. The summed E-state index contributed by atoms with van der Waals surface area (Å²) in [4.78, 5) is 0. The van der Waals surface area contributed by atoms with Gasteiger partial charge < -0.3 is 5.32 Å². The van der Waals surface area contributed by atoms with E-state index in [2.05, 4.69) is 50.2 Å². The number of hydrogen-bond acceptors (Lipinski definition) is 4. The van der Waals surface area contributed by atoms with Crippen molar-refractivity contribution in [1.29, 1.82) is 0 Å². The van der Waals surface area contributed by atoms with E-state index in [0.29, 0.717) is 12.4 Å². The minimum atomic E-state index is 0.648. The summed E-state index contributed by atoms with van der Waals surface area (Å²) in [6.45, 7) is 1.51. The molecule has 2 N–H and O–H groups in total. The van der Waals surface area contributed by atoms with Crippen LogP contribution in [-0.2, 0) is 13.1 Å². The van der Waals surface area contributed by atoms with Crippen LogP contribution in [0.25, 0.3) is 0 Å². The Morgan fingerprint density at radius 2 is 2.12 bits per heavy atom. The highest BCUT2D eigenvalue weighted by molar-refractivity contribution is 5.33. The minimum Gasteiger partial charge on any atom is -0.306 e. The number of tetrazole rings is 1. The molecule has 0 atom stereocenters. The largest absolute Gasteiger partial charge is 0.306 e. The van der Waals surface area contributed by atoms with Crippen molar-refractivity contribution in [3.05, 3.63) is 41.2 Å². The molecule has 0 saturated heterocycles. The Bertz CT molecular complexity index is 475. The van der Waals surface area contributed by atoms with Gasteiger partial charge in [-0.25, -0.2) is 0 Å². The number of hydrogen-bond donors (Lipinski definition) is 2. The summed E-state index contributed by atoms with van der Waals surface area (Å²) in [5, 5.41) is 17.1. The summed E-state index contributed by atoms with van der Waals surface area (Å²) in [5.41, 5.74) is 2.88. The smallest absolute Gasteiger partial charge is 0.188 e. The number of nitrogens with zero attached hydrogens (tertiary/aromatic N) is 3. The number of nitrogens with one attached hydrogen (secondary N) is 2. The highest BCUT2D eigenvalue weighted by Gasteiger charge is 2.25. The van der Waals surface area contributed by atoms with E-state index < -0.39 is 0 Å². The van der Waals surface area contributed by atoms with Crippen LogP contribution in [0, 0.1) is 0 Å². The van der Waals surface area contributed by atoms with Crippen LogP contribution in [0.5, 0.6) is 0 Å². The van der Waals surface area contributed by atoms with Gasteiger partial charge in [-0.1, -0.05) is 29.5 Å². The van der Waals surface area contributed by atoms with E-state index in [1.165, 1.54) is 24.0 Å². The van der Waals surface area contributed by atoms with Gasteiger partial charge in [-0.15, -0.1) is 10.2 Å². The van der Waals surface area contributed by atoms with E-state index in [1.54, 1.807) is 0 Å². The molecule has 88 valence electrons. The first-order valence-electron chi connectivity index (χ1n) is 5.94. The van der Waals surface area contributed by atoms with Crippen LogP contribution < -0.4 is 5.32 Å². The average Bonchev–Trinajstić information content (AvgIpc) is 3.08. The van der Waals surface area contributed by atoms with Crippen LogP contribution in [0.4, 0.5) is 0 Å². The van der Waals surface area contributed by atoms with E-state index >= 15 is 0 Å². The predicted molar refractivity (Wildman–Crippen MR) is 63.1 cm³/mol. The van der Waals surface area contributed by atoms with E-state index in [0.717, 1.165) is 12.5 Å². The molecule has 0 radical (unpaired) electrons. The summed E-state index contributed by atoms with van der Waals surface area (Å²) in [5.74, 6) is 1.49. The van der Waals surface area contributed by atoms with Crippen molar-refractivity contribution in [3.63, 3.8) is 0 Å². The van der Waals surface area contributed by atoms with Crippen LogP contribution in [0.1, 0.15) is 35.7 Å². The van der Waals surface area contributed by atoms with Gasteiger partial charge in [-0.2, -0.15) is 5.21 Å². The van der Waals surface area contributed by atoms with Gasteiger partial charge in [-0.3, -0.25) is 0 Å². The van der Waals surface area contributed by atoms with Gasteiger partial charge in [0.1, 0.15) is 0 Å². The van der Waals surface area contributed by atoms with E-state index in [1.807, 2.05) is 0 Å². The van der Waals surface area contributed by atoms with Crippen LogP contribution >= 0.6 is 0 Å². The summed E-state index contributed by atoms with van der Waals surface area (Å²) >= 11 is 0. The lowest BCUT2D eigenvalue weighted by Gasteiger charge is -2.08. The quantitative estimate of drug-likeness (QED) is 0.812. The lowest BCUT2D eigenvalue weighted by Crippen LogP contribution is -2.14. The Kier molecular flexibility index (Phi) is 2.83. The molecule has 1 saturated carbocycles. The number of H-pyrrole nitrogens is 1. The summed E-state index contributed by atoms with van der Waals surface area (Å²) in [7, 11) is 0. The van der Waals surface area contributed by atoms with Crippen molar-refractivity contribution in [3.8, 4) is 0 Å². The molecule has 0 bridgehead atoms. The Balaban J connectivity index is 1.61. The zero-order valence-corrected chi connectivity index (χ0v) is 9.56. The molecule has 1 heterocycles. The third-order valence-corrected chi connectivity index (χ3v) is 3.06. The molecular weight excluding hydrogens is 214 g/mol. The molecule has 1 aromatic carbocycles. The molecule has 5 nitrogen and oxygen atoms in total. The first kappa shape index (κ1) is 10.4. The van der Waals surface area contributed by atoms with E-state index in [-0.39, 0.29) is 0 Å². The molecule has 0 aliphatic heterocycles. The monoisotopic (exact) mass is 229 g/mol. The molecule has 1 fully saturated rings. The number of aromatic nitrogens is 4. The topological polar surface area (TPSA) is 66.5 Å². The highest BCUT2D eigenvalue weighted by Crippen LogP contribution is 2.41. The molecule has 1 aliphatic carbocycles. The SMILES string of the molecule is c1ccc(C2CC2)c(CNCc2nn[nH]n2)c1. The number of rotatable bonds is 5. The van der Waals surface area contributed by atoms with Crippen molar-refractivity contribution >= 4 is 0 Å². The van der Waals surface area contributed by atoms with Gasteiger partial charge in [0.25, 0.3) is 0 Å². The van der Waals surface area contributed by atoms with Gasteiger partial charge in [0.15, 0.2) is 5.82 Å². The first-order chi connectivity index (χ1) is 8.43. The third-order valence-electron chi connectivity index (χ3n) is 3.06. The molecule has 5 heteroatoms.